The highest BCUT2D eigenvalue weighted by atomic mass is 16.4. The van der Waals surface area contributed by atoms with Crippen molar-refractivity contribution in [2.75, 3.05) is 5.32 Å². The second-order valence-corrected chi connectivity index (χ2v) is 8.59. The summed E-state index contributed by atoms with van der Waals surface area (Å²) in [4.78, 5) is 23.2. The van der Waals surface area contributed by atoms with Crippen molar-refractivity contribution in [2.45, 2.75) is 65.5 Å². The minimum absolute atomic E-state index is 0.374. The van der Waals surface area contributed by atoms with Gasteiger partial charge in [0.1, 0.15) is 6.04 Å². The van der Waals surface area contributed by atoms with E-state index in [0.717, 1.165) is 22.3 Å². The first-order valence-electron chi connectivity index (χ1n) is 10.9. The van der Waals surface area contributed by atoms with Gasteiger partial charge in [0.25, 0.3) is 0 Å². The van der Waals surface area contributed by atoms with Crippen LogP contribution in [0.3, 0.4) is 0 Å². The molecule has 5 heteroatoms. The minimum atomic E-state index is -1.05. The molecule has 2 aromatic rings. The Morgan fingerprint density at radius 2 is 1.71 bits per heavy atom. The third kappa shape index (κ3) is 5.75. The highest BCUT2D eigenvalue weighted by Crippen LogP contribution is 2.29. The van der Waals surface area contributed by atoms with E-state index >= 15 is 0 Å². The summed E-state index contributed by atoms with van der Waals surface area (Å²) < 4.78 is 0. The maximum Gasteiger partial charge on any atom is 0.325 e. The molecular weight excluding hydrogens is 388 g/mol. The predicted octanol–water partition coefficient (Wildman–Crippen LogP) is 5.32. The van der Waals surface area contributed by atoms with E-state index in [1.54, 1.807) is 6.92 Å². The van der Waals surface area contributed by atoms with Crippen molar-refractivity contribution in [3.05, 3.63) is 58.7 Å². The van der Waals surface area contributed by atoms with E-state index in [4.69, 9.17) is 5.11 Å². The molecule has 0 bridgehead atoms. The van der Waals surface area contributed by atoms with Gasteiger partial charge in [-0.1, -0.05) is 37.1 Å². The third-order valence-corrected chi connectivity index (χ3v) is 5.98. The molecule has 0 unspecified atom stereocenters. The molecule has 0 saturated heterocycles. The number of benzene rings is 2. The SMILES string of the molecule is C/C(=C\c1cc(C)c(-c2ccc(NC3CCCC3)cc2)cc1C)C(=O)N[C@H](C)C(=O)O. The fourth-order valence-corrected chi connectivity index (χ4v) is 4.03. The molecule has 1 amide bonds. The Labute approximate surface area is 184 Å². The minimum Gasteiger partial charge on any atom is -0.480 e. The number of amides is 1. The summed E-state index contributed by atoms with van der Waals surface area (Å²) in [6.45, 7) is 7.24. The lowest BCUT2D eigenvalue weighted by Crippen LogP contribution is -2.38. The van der Waals surface area contributed by atoms with Gasteiger partial charge in [-0.3, -0.25) is 9.59 Å². The van der Waals surface area contributed by atoms with Crippen LogP contribution in [0.4, 0.5) is 5.69 Å². The van der Waals surface area contributed by atoms with Crippen LogP contribution in [-0.2, 0) is 9.59 Å². The standard InChI is InChI=1S/C26H32N2O3/c1-16-15-24(20-9-11-23(12-10-20)28-22-7-5-6-8-22)17(2)13-21(16)14-18(3)25(29)27-19(4)26(30)31/h9-15,19,22,28H,5-8H2,1-4H3,(H,27,29)(H,30,31)/b18-14+/t19-/m1/s1. The van der Waals surface area contributed by atoms with Crippen molar-refractivity contribution in [1.82, 2.24) is 5.32 Å². The van der Waals surface area contributed by atoms with Gasteiger partial charge in [0.2, 0.25) is 5.91 Å². The summed E-state index contributed by atoms with van der Waals surface area (Å²) in [6, 6.07) is 12.5. The lowest BCUT2D eigenvalue weighted by Gasteiger charge is -2.15. The first-order chi connectivity index (χ1) is 14.7. The van der Waals surface area contributed by atoms with Crippen molar-refractivity contribution in [3.8, 4) is 11.1 Å². The zero-order valence-electron chi connectivity index (χ0n) is 18.8. The van der Waals surface area contributed by atoms with E-state index < -0.39 is 12.0 Å². The van der Waals surface area contributed by atoms with Gasteiger partial charge in [-0.2, -0.15) is 0 Å². The topological polar surface area (TPSA) is 78.4 Å². The molecule has 1 saturated carbocycles. The zero-order chi connectivity index (χ0) is 22.5. The van der Waals surface area contributed by atoms with E-state index in [9.17, 15) is 9.59 Å². The normalized spacial score (nSPS) is 15.5. The van der Waals surface area contributed by atoms with Crippen LogP contribution in [-0.4, -0.2) is 29.1 Å². The number of hydrogen-bond acceptors (Lipinski definition) is 3. The van der Waals surface area contributed by atoms with Gasteiger partial charge < -0.3 is 15.7 Å². The first kappa shape index (κ1) is 22.6. The Morgan fingerprint density at radius 3 is 2.32 bits per heavy atom. The molecule has 0 heterocycles. The quantitative estimate of drug-likeness (QED) is 0.530. The fraction of sp³-hybridized carbons (Fsp3) is 0.385. The largest absolute Gasteiger partial charge is 0.480 e. The maximum atomic E-state index is 12.3. The number of carbonyl (C=O) groups excluding carboxylic acids is 1. The summed E-state index contributed by atoms with van der Waals surface area (Å²) in [5.41, 5.74) is 7.12. The summed E-state index contributed by atoms with van der Waals surface area (Å²) in [5, 5.41) is 15.1. The predicted molar refractivity (Wildman–Crippen MR) is 126 cm³/mol. The Bertz CT molecular complexity index is 986. The molecule has 0 aromatic heterocycles. The number of rotatable bonds is 7. The molecule has 31 heavy (non-hydrogen) atoms. The third-order valence-electron chi connectivity index (χ3n) is 5.98. The second kappa shape index (κ2) is 9.82. The van der Waals surface area contributed by atoms with E-state index in [2.05, 4.69) is 54.0 Å². The van der Waals surface area contributed by atoms with E-state index in [1.807, 2.05) is 13.0 Å². The van der Waals surface area contributed by atoms with Crippen molar-refractivity contribution in [3.63, 3.8) is 0 Å². The molecule has 3 N–H and O–H groups in total. The summed E-state index contributed by atoms with van der Waals surface area (Å²) in [5.74, 6) is -1.43. The Kier molecular flexibility index (Phi) is 7.16. The number of hydrogen-bond donors (Lipinski definition) is 3. The van der Waals surface area contributed by atoms with Gasteiger partial charge in [-0.15, -0.1) is 0 Å². The Balaban J connectivity index is 1.76. The van der Waals surface area contributed by atoms with Crippen molar-refractivity contribution < 1.29 is 14.7 Å². The van der Waals surface area contributed by atoms with E-state index in [0.29, 0.717) is 11.6 Å². The molecule has 1 fully saturated rings. The van der Waals surface area contributed by atoms with Gasteiger partial charge in [0, 0.05) is 17.3 Å². The number of carbonyl (C=O) groups is 2. The molecule has 3 rings (SSSR count). The smallest absolute Gasteiger partial charge is 0.325 e. The van der Waals surface area contributed by atoms with Crippen molar-refractivity contribution in [1.29, 1.82) is 0 Å². The summed E-state index contributed by atoms with van der Waals surface area (Å²) >= 11 is 0. The Hall–Kier alpha value is -3.08. The van der Waals surface area contributed by atoms with Gasteiger partial charge in [-0.05, 0) is 86.6 Å². The molecule has 5 nitrogen and oxygen atoms in total. The fourth-order valence-electron chi connectivity index (χ4n) is 4.03. The monoisotopic (exact) mass is 420 g/mol. The van der Waals surface area contributed by atoms with Crippen molar-refractivity contribution in [2.24, 2.45) is 0 Å². The van der Waals surface area contributed by atoms with Crippen LogP contribution >= 0.6 is 0 Å². The number of nitrogens with one attached hydrogen (secondary N) is 2. The van der Waals surface area contributed by atoms with Gasteiger partial charge in [0.05, 0.1) is 0 Å². The summed E-state index contributed by atoms with van der Waals surface area (Å²) in [6.07, 6.45) is 6.94. The van der Waals surface area contributed by atoms with Crippen LogP contribution in [0.2, 0.25) is 0 Å². The van der Waals surface area contributed by atoms with Gasteiger partial charge >= 0.3 is 5.97 Å². The van der Waals surface area contributed by atoms with Crippen LogP contribution < -0.4 is 10.6 Å². The number of anilines is 1. The zero-order valence-corrected chi connectivity index (χ0v) is 18.8. The van der Waals surface area contributed by atoms with Gasteiger partial charge in [0.15, 0.2) is 0 Å². The highest BCUT2D eigenvalue weighted by molar-refractivity contribution is 5.99. The van der Waals surface area contributed by atoms with Crippen LogP contribution in [0.25, 0.3) is 17.2 Å². The molecule has 0 radical (unpaired) electrons. The maximum absolute atomic E-state index is 12.3. The summed E-state index contributed by atoms with van der Waals surface area (Å²) in [7, 11) is 0. The van der Waals surface area contributed by atoms with Crippen LogP contribution in [0.1, 0.15) is 56.2 Å². The van der Waals surface area contributed by atoms with Crippen molar-refractivity contribution >= 4 is 23.6 Å². The number of aliphatic carboxylic acids is 1. The van der Waals surface area contributed by atoms with E-state index in [1.165, 1.54) is 43.9 Å². The molecule has 1 aliphatic carbocycles. The van der Waals surface area contributed by atoms with Crippen LogP contribution in [0, 0.1) is 13.8 Å². The number of carboxylic acid groups (broad SMARTS) is 1. The van der Waals surface area contributed by atoms with E-state index in [-0.39, 0.29) is 5.91 Å². The first-order valence-corrected chi connectivity index (χ1v) is 10.9. The molecule has 2 aromatic carbocycles. The number of aryl methyl sites for hydroxylation is 2. The van der Waals surface area contributed by atoms with Crippen LogP contribution in [0.5, 0.6) is 0 Å². The molecule has 164 valence electrons. The lowest BCUT2D eigenvalue weighted by atomic mass is 9.94. The molecule has 1 aliphatic rings. The average molecular weight is 421 g/mol. The second-order valence-electron chi connectivity index (χ2n) is 8.59. The molecule has 1 atom stereocenters. The lowest BCUT2D eigenvalue weighted by molar-refractivity contribution is -0.140. The average Bonchev–Trinajstić information content (AvgIpc) is 3.24. The molecule has 0 spiro atoms. The molecule has 0 aliphatic heterocycles. The van der Waals surface area contributed by atoms with Gasteiger partial charge in [-0.25, -0.2) is 0 Å². The Morgan fingerprint density at radius 1 is 1.06 bits per heavy atom. The highest BCUT2D eigenvalue weighted by Gasteiger charge is 2.16. The number of carboxylic acids is 1. The molecular formula is C26H32N2O3. The van der Waals surface area contributed by atoms with Crippen LogP contribution in [0.15, 0.2) is 42.0 Å².